The molecule has 0 spiro atoms. The molecular weight excluding hydrogens is 280 g/mol. The monoisotopic (exact) mass is 300 g/mol. The van der Waals surface area contributed by atoms with Crippen LogP contribution in [-0.2, 0) is 10.0 Å². The van der Waals surface area contributed by atoms with E-state index in [1.165, 1.54) is 6.07 Å². The predicted molar refractivity (Wildman–Crippen MR) is 78.2 cm³/mol. The van der Waals surface area contributed by atoms with E-state index in [1.54, 1.807) is 32.0 Å². The van der Waals surface area contributed by atoms with Crippen LogP contribution in [0, 0.1) is 0 Å². The highest BCUT2D eigenvalue weighted by atomic mass is 32.2. The summed E-state index contributed by atoms with van der Waals surface area (Å²) in [6.45, 7) is 3.29. The highest BCUT2D eigenvalue weighted by molar-refractivity contribution is 7.92. The molecule has 1 atom stereocenters. The van der Waals surface area contributed by atoms with Crippen LogP contribution in [0.25, 0.3) is 0 Å². The van der Waals surface area contributed by atoms with E-state index in [0.717, 1.165) is 0 Å². The van der Waals surface area contributed by atoms with Gasteiger partial charge in [0.1, 0.15) is 0 Å². The Morgan fingerprint density at radius 3 is 2.70 bits per heavy atom. The molecular formula is C13H20N2O4S. The van der Waals surface area contributed by atoms with E-state index in [9.17, 15) is 13.2 Å². The number of nitrogens with one attached hydrogen (secondary N) is 2. The van der Waals surface area contributed by atoms with Crippen molar-refractivity contribution in [3.05, 3.63) is 29.8 Å². The molecule has 1 rings (SSSR count). The zero-order chi connectivity index (χ0) is 15.2. The lowest BCUT2D eigenvalue weighted by Crippen LogP contribution is -2.35. The lowest BCUT2D eigenvalue weighted by Gasteiger charge is -2.12. The van der Waals surface area contributed by atoms with Crippen molar-refractivity contribution in [3.8, 4) is 0 Å². The quantitative estimate of drug-likeness (QED) is 0.698. The summed E-state index contributed by atoms with van der Waals surface area (Å²) in [5, 5.41) is 11.5. The molecule has 1 amide bonds. The minimum Gasteiger partial charge on any atom is -0.394 e. The van der Waals surface area contributed by atoms with Gasteiger partial charge in [0.2, 0.25) is 10.0 Å². The first-order valence-corrected chi connectivity index (χ1v) is 8.05. The fraction of sp³-hybridized carbons (Fsp3) is 0.462. The third-order valence-electron chi connectivity index (χ3n) is 2.52. The maximum atomic E-state index is 11.9. The molecule has 0 bridgehead atoms. The van der Waals surface area contributed by atoms with Gasteiger partial charge in [0, 0.05) is 17.3 Å². The van der Waals surface area contributed by atoms with E-state index in [0.29, 0.717) is 17.7 Å². The van der Waals surface area contributed by atoms with Gasteiger partial charge in [-0.15, -0.1) is 0 Å². The molecule has 0 fully saturated rings. The second kappa shape index (κ2) is 7.25. The van der Waals surface area contributed by atoms with E-state index in [-0.39, 0.29) is 24.3 Å². The molecule has 3 N–H and O–H groups in total. The minimum absolute atomic E-state index is 0.0327. The SMILES string of the molecule is CCCS(=O)(=O)Nc1cccc(C(=O)NC(C)CO)c1. The number of aliphatic hydroxyl groups excluding tert-OH is 1. The molecule has 112 valence electrons. The fourth-order valence-electron chi connectivity index (χ4n) is 1.58. The molecule has 20 heavy (non-hydrogen) atoms. The van der Waals surface area contributed by atoms with Gasteiger partial charge in [-0.1, -0.05) is 13.0 Å². The van der Waals surface area contributed by atoms with Crippen molar-refractivity contribution < 1.29 is 18.3 Å². The number of benzene rings is 1. The average molecular weight is 300 g/mol. The lowest BCUT2D eigenvalue weighted by molar-refractivity contribution is 0.0922. The predicted octanol–water partition coefficient (Wildman–Crippen LogP) is 0.949. The number of carbonyl (C=O) groups is 1. The topological polar surface area (TPSA) is 95.5 Å². The molecule has 6 nitrogen and oxygen atoms in total. The number of anilines is 1. The molecule has 1 aromatic rings. The standard InChI is InChI=1S/C13H20N2O4S/c1-3-7-20(18,19)15-12-6-4-5-11(8-12)13(17)14-10(2)9-16/h4-6,8,10,15-16H,3,7,9H2,1-2H3,(H,14,17). The van der Waals surface area contributed by atoms with Crippen molar-refractivity contribution in [1.82, 2.24) is 5.32 Å². The van der Waals surface area contributed by atoms with Crippen LogP contribution in [0.3, 0.4) is 0 Å². The highest BCUT2D eigenvalue weighted by Gasteiger charge is 2.12. The number of rotatable bonds is 7. The molecule has 0 heterocycles. The maximum absolute atomic E-state index is 11.9. The lowest BCUT2D eigenvalue weighted by atomic mass is 10.2. The van der Waals surface area contributed by atoms with Crippen molar-refractivity contribution in [2.45, 2.75) is 26.3 Å². The number of aliphatic hydroxyl groups is 1. The molecule has 0 saturated carbocycles. The first-order valence-electron chi connectivity index (χ1n) is 6.40. The van der Waals surface area contributed by atoms with E-state index in [4.69, 9.17) is 5.11 Å². The van der Waals surface area contributed by atoms with Crippen molar-refractivity contribution in [2.75, 3.05) is 17.1 Å². The summed E-state index contributed by atoms with van der Waals surface area (Å²) < 4.78 is 25.7. The fourth-order valence-corrected chi connectivity index (χ4v) is 2.70. The van der Waals surface area contributed by atoms with Crippen LogP contribution in [0.5, 0.6) is 0 Å². The summed E-state index contributed by atoms with van der Waals surface area (Å²) in [4.78, 5) is 11.9. The van der Waals surface area contributed by atoms with Crippen LogP contribution in [0.4, 0.5) is 5.69 Å². The molecule has 0 aliphatic carbocycles. The molecule has 0 aliphatic rings. The summed E-state index contributed by atoms with van der Waals surface area (Å²) in [6.07, 6.45) is 0.517. The average Bonchev–Trinajstić information content (AvgIpc) is 2.38. The van der Waals surface area contributed by atoms with E-state index < -0.39 is 10.0 Å². The summed E-state index contributed by atoms with van der Waals surface area (Å²) >= 11 is 0. The molecule has 1 unspecified atom stereocenters. The summed E-state index contributed by atoms with van der Waals surface area (Å²) in [6, 6.07) is 5.87. The number of carbonyl (C=O) groups excluding carboxylic acids is 1. The zero-order valence-electron chi connectivity index (χ0n) is 11.6. The van der Waals surface area contributed by atoms with Gasteiger partial charge >= 0.3 is 0 Å². The summed E-state index contributed by atoms with van der Waals surface area (Å²) in [5.41, 5.74) is 0.685. The number of hydrogen-bond donors (Lipinski definition) is 3. The van der Waals surface area contributed by atoms with E-state index in [2.05, 4.69) is 10.0 Å². The van der Waals surface area contributed by atoms with Gasteiger partial charge in [-0.25, -0.2) is 8.42 Å². The first-order chi connectivity index (χ1) is 9.38. The number of sulfonamides is 1. The van der Waals surface area contributed by atoms with Crippen molar-refractivity contribution in [3.63, 3.8) is 0 Å². The summed E-state index contributed by atoms with van der Waals surface area (Å²) in [5.74, 6) is -0.326. The van der Waals surface area contributed by atoms with Gasteiger partial charge < -0.3 is 10.4 Å². The van der Waals surface area contributed by atoms with Crippen LogP contribution >= 0.6 is 0 Å². The van der Waals surface area contributed by atoms with Crippen LogP contribution in [0.1, 0.15) is 30.6 Å². The van der Waals surface area contributed by atoms with Crippen molar-refractivity contribution in [1.29, 1.82) is 0 Å². The van der Waals surface area contributed by atoms with Gasteiger partial charge in [-0.2, -0.15) is 0 Å². The summed E-state index contributed by atoms with van der Waals surface area (Å²) in [7, 11) is -3.38. The Morgan fingerprint density at radius 2 is 2.10 bits per heavy atom. The van der Waals surface area contributed by atoms with Gasteiger partial charge in [0.05, 0.1) is 12.4 Å². The Bertz CT molecular complexity index is 557. The normalized spacial score (nSPS) is 12.8. The van der Waals surface area contributed by atoms with E-state index in [1.807, 2.05) is 0 Å². The third-order valence-corrected chi connectivity index (χ3v) is 4.01. The Labute approximate surface area is 119 Å². The van der Waals surface area contributed by atoms with Crippen LogP contribution in [-0.4, -0.2) is 37.8 Å². The van der Waals surface area contributed by atoms with Crippen LogP contribution < -0.4 is 10.0 Å². The molecule has 1 aromatic carbocycles. The van der Waals surface area contributed by atoms with Gasteiger partial charge in [-0.3, -0.25) is 9.52 Å². The van der Waals surface area contributed by atoms with Gasteiger partial charge in [0.25, 0.3) is 5.91 Å². The second-order valence-corrected chi connectivity index (χ2v) is 6.40. The highest BCUT2D eigenvalue weighted by Crippen LogP contribution is 2.13. The Hall–Kier alpha value is -1.60. The Morgan fingerprint density at radius 1 is 1.40 bits per heavy atom. The molecule has 0 aromatic heterocycles. The van der Waals surface area contributed by atoms with Crippen LogP contribution in [0.2, 0.25) is 0 Å². The number of amides is 1. The Balaban J connectivity index is 2.83. The largest absolute Gasteiger partial charge is 0.394 e. The third kappa shape index (κ3) is 5.18. The van der Waals surface area contributed by atoms with Gasteiger partial charge in [0.15, 0.2) is 0 Å². The van der Waals surface area contributed by atoms with Crippen LogP contribution in [0.15, 0.2) is 24.3 Å². The maximum Gasteiger partial charge on any atom is 0.251 e. The smallest absolute Gasteiger partial charge is 0.251 e. The van der Waals surface area contributed by atoms with Crippen molar-refractivity contribution in [2.24, 2.45) is 0 Å². The molecule has 0 aliphatic heterocycles. The number of hydrogen-bond acceptors (Lipinski definition) is 4. The van der Waals surface area contributed by atoms with E-state index >= 15 is 0 Å². The minimum atomic E-state index is -3.38. The molecule has 7 heteroatoms. The Kier molecular flexibility index (Phi) is 5.97. The molecule has 0 saturated heterocycles. The second-order valence-electron chi connectivity index (χ2n) is 4.56. The van der Waals surface area contributed by atoms with Crippen molar-refractivity contribution >= 4 is 21.6 Å². The first kappa shape index (κ1) is 16.5. The molecule has 0 radical (unpaired) electrons. The zero-order valence-corrected chi connectivity index (χ0v) is 12.4. The van der Waals surface area contributed by atoms with Gasteiger partial charge in [-0.05, 0) is 31.5 Å².